The van der Waals surface area contributed by atoms with Gasteiger partial charge in [-0.1, -0.05) is 6.07 Å². The lowest BCUT2D eigenvalue weighted by molar-refractivity contribution is 0.194. The van der Waals surface area contributed by atoms with E-state index in [1.807, 2.05) is 0 Å². The van der Waals surface area contributed by atoms with Crippen molar-refractivity contribution >= 4 is 5.69 Å². The third-order valence-corrected chi connectivity index (χ3v) is 2.29. The first-order valence-electron chi connectivity index (χ1n) is 4.86. The molecule has 0 aliphatic rings. The van der Waals surface area contributed by atoms with Gasteiger partial charge in [-0.2, -0.15) is 0 Å². The van der Waals surface area contributed by atoms with E-state index in [1.165, 1.54) is 13.0 Å². The van der Waals surface area contributed by atoms with Crippen LogP contribution in [0.25, 0.3) is 0 Å². The zero-order valence-corrected chi connectivity index (χ0v) is 8.94. The maximum absolute atomic E-state index is 13.5. The molecule has 4 heteroatoms. The fourth-order valence-corrected chi connectivity index (χ4v) is 1.54. The minimum absolute atomic E-state index is 0.00768. The zero-order valence-electron chi connectivity index (χ0n) is 8.94. The van der Waals surface area contributed by atoms with Crippen molar-refractivity contribution in [1.29, 1.82) is 0 Å². The van der Waals surface area contributed by atoms with E-state index in [2.05, 4.69) is 0 Å². The van der Waals surface area contributed by atoms with Gasteiger partial charge in [0.05, 0.1) is 12.7 Å². The molecule has 0 radical (unpaired) electrons. The first-order chi connectivity index (χ1) is 7.07. The van der Waals surface area contributed by atoms with Gasteiger partial charge in [-0.25, -0.2) is 4.39 Å². The average molecular weight is 213 g/mol. The van der Waals surface area contributed by atoms with Gasteiger partial charge in [-0.05, 0) is 19.1 Å². The van der Waals surface area contributed by atoms with Crippen molar-refractivity contribution < 1.29 is 14.6 Å². The standard InChI is InChI=1S/C11H16FNO2/c1-8(15)11-9(12)4-3-5-10(11)13(2)6-7-14/h3-5,8,14-15H,6-7H2,1-2H3/t8-/m0/s1. The highest BCUT2D eigenvalue weighted by Crippen LogP contribution is 2.27. The second kappa shape index (κ2) is 5.09. The predicted molar refractivity (Wildman–Crippen MR) is 57.4 cm³/mol. The van der Waals surface area contributed by atoms with Crippen molar-refractivity contribution in [3.05, 3.63) is 29.6 Å². The number of hydrogen-bond acceptors (Lipinski definition) is 3. The van der Waals surface area contributed by atoms with Crippen molar-refractivity contribution in [3.8, 4) is 0 Å². The van der Waals surface area contributed by atoms with Crippen molar-refractivity contribution in [1.82, 2.24) is 0 Å². The highest BCUT2D eigenvalue weighted by molar-refractivity contribution is 5.54. The van der Waals surface area contributed by atoms with Gasteiger partial charge in [0.1, 0.15) is 5.82 Å². The molecule has 1 aromatic carbocycles. The minimum Gasteiger partial charge on any atom is -0.395 e. The van der Waals surface area contributed by atoms with Crippen LogP contribution < -0.4 is 4.90 Å². The van der Waals surface area contributed by atoms with E-state index >= 15 is 0 Å². The summed E-state index contributed by atoms with van der Waals surface area (Å²) >= 11 is 0. The SMILES string of the molecule is C[C@H](O)c1c(F)cccc1N(C)CCO. The highest BCUT2D eigenvalue weighted by atomic mass is 19.1. The summed E-state index contributed by atoms with van der Waals surface area (Å²) in [4.78, 5) is 1.71. The first kappa shape index (κ1) is 11.9. The first-order valence-corrected chi connectivity index (χ1v) is 4.86. The number of benzene rings is 1. The summed E-state index contributed by atoms with van der Waals surface area (Å²) < 4.78 is 13.5. The molecule has 0 unspecified atom stereocenters. The van der Waals surface area contributed by atoms with Gasteiger partial charge in [0.25, 0.3) is 0 Å². The van der Waals surface area contributed by atoms with Gasteiger partial charge in [0.2, 0.25) is 0 Å². The highest BCUT2D eigenvalue weighted by Gasteiger charge is 2.15. The summed E-state index contributed by atoms with van der Waals surface area (Å²) in [6, 6.07) is 4.63. The van der Waals surface area contributed by atoms with Gasteiger partial charge in [-0.15, -0.1) is 0 Å². The number of rotatable bonds is 4. The van der Waals surface area contributed by atoms with Crippen LogP contribution in [-0.2, 0) is 0 Å². The van der Waals surface area contributed by atoms with Crippen LogP contribution >= 0.6 is 0 Å². The van der Waals surface area contributed by atoms with Gasteiger partial charge in [0, 0.05) is 24.8 Å². The molecule has 0 aliphatic heterocycles. The topological polar surface area (TPSA) is 43.7 Å². The number of nitrogens with zero attached hydrogens (tertiary/aromatic N) is 1. The second-order valence-electron chi connectivity index (χ2n) is 3.49. The summed E-state index contributed by atoms with van der Waals surface area (Å²) in [5, 5.41) is 18.3. The summed E-state index contributed by atoms with van der Waals surface area (Å²) in [5.74, 6) is -0.424. The summed E-state index contributed by atoms with van der Waals surface area (Å²) in [5.41, 5.74) is 0.882. The van der Waals surface area contributed by atoms with Gasteiger partial charge >= 0.3 is 0 Å². The molecular formula is C11H16FNO2. The fourth-order valence-electron chi connectivity index (χ4n) is 1.54. The summed E-state index contributed by atoms with van der Waals surface area (Å²) in [6.45, 7) is 1.92. The molecule has 15 heavy (non-hydrogen) atoms. The smallest absolute Gasteiger partial charge is 0.131 e. The maximum atomic E-state index is 13.5. The van der Waals surface area contributed by atoms with Crippen LogP contribution in [0.15, 0.2) is 18.2 Å². The maximum Gasteiger partial charge on any atom is 0.131 e. The molecule has 3 nitrogen and oxygen atoms in total. The molecule has 1 rings (SSSR count). The monoisotopic (exact) mass is 213 g/mol. The Hall–Kier alpha value is -1.13. The normalized spacial score (nSPS) is 12.6. The minimum atomic E-state index is -0.859. The van der Waals surface area contributed by atoms with Crippen LogP contribution in [0.3, 0.4) is 0 Å². The quantitative estimate of drug-likeness (QED) is 0.792. The van der Waals surface area contributed by atoms with E-state index in [0.29, 0.717) is 12.2 Å². The Bertz CT molecular complexity index is 328. The lowest BCUT2D eigenvalue weighted by Gasteiger charge is -2.23. The molecule has 84 valence electrons. The van der Waals surface area contributed by atoms with Gasteiger partial charge in [0.15, 0.2) is 0 Å². The fraction of sp³-hybridized carbons (Fsp3) is 0.455. The molecule has 2 N–H and O–H groups in total. The molecule has 0 fully saturated rings. The summed E-state index contributed by atoms with van der Waals surface area (Å²) in [6.07, 6.45) is -0.859. The van der Waals surface area contributed by atoms with E-state index in [1.54, 1.807) is 24.1 Å². The third kappa shape index (κ3) is 2.67. The molecule has 0 saturated carbocycles. The number of hydrogen-bond donors (Lipinski definition) is 2. The van der Waals surface area contributed by atoms with E-state index in [9.17, 15) is 9.50 Å². The molecule has 0 aliphatic carbocycles. The number of aliphatic hydroxyl groups is 2. The summed E-state index contributed by atoms with van der Waals surface area (Å²) in [7, 11) is 1.75. The third-order valence-electron chi connectivity index (χ3n) is 2.29. The largest absolute Gasteiger partial charge is 0.395 e. The van der Waals surface area contributed by atoms with Crippen LogP contribution in [-0.4, -0.2) is 30.4 Å². The molecule has 0 saturated heterocycles. The Morgan fingerprint density at radius 1 is 1.47 bits per heavy atom. The van der Waals surface area contributed by atoms with Crippen LogP contribution in [0.4, 0.5) is 10.1 Å². The van der Waals surface area contributed by atoms with Crippen molar-refractivity contribution in [2.75, 3.05) is 25.1 Å². The molecule has 1 aromatic rings. The van der Waals surface area contributed by atoms with Gasteiger partial charge < -0.3 is 15.1 Å². The van der Waals surface area contributed by atoms with E-state index < -0.39 is 11.9 Å². The Balaban J connectivity index is 3.10. The van der Waals surface area contributed by atoms with E-state index in [4.69, 9.17) is 5.11 Å². The van der Waals surface area contributed by atoms with Crippen LogP contribution in [0, 0.1) is 5.82 Å². The molecule has 0 spiro atoms. The second-order valence-corrected chi connectivity index (χ2v) is 3.49. The van der Waals surface area contributed by atoms with Crippen LogP contribution in [0.1, 0.15) is 18.6 Å². The Morgan fingerprint density at radius 3 is 2.67 bits per heavy atom. The van der Waals surface area contributed by atoms with Crippen molar-refractivity contribution in [2.45, 2.75) is 13.0 Å². The number of aliphatic hydroxyl groups excluding tert-OH is 2. The Morgan fingerprint density at radius 2 is 2.13 bits per heavy atom. The van der Waals surface area contributed by atoms with E-state index in [-0.39, 0.29) is 12.2 Å². The van der Waals surface area contributed by atoms with Crippen LogP contribution in [0.2, 0.25) is 0 Å². The molecule has 0 amide bonds. The molecule has 1 atom stereocenters. The van der Waals surface area contributed by atoms with Gasteiger partial charge in [-0.3, -0.25) is 0 Å². The number of anilines is 1. The van der Waals surface area contributed by atoms with Crippen LogP contribution in [0.5, 0.6) is 0 Å². The molecular weight excluding hydrogens is 197 g/mol. The lowest BCUT2D eigenvalue weighted by atomic mass is 10.1. The average Bonchev–Trinajstić information content (AvgIpc) is 2.17. The molecule has 0 aromatic heterocycles. The van der Waals surface area contributed by atoms with Crippen molar-refractivity contribution in [2.24, 2.45) is 0 Å². The molecule has 0 bridgehead atoms. The van der Waals surface area contributed by atoms with Crippen molar-refractivity contribution in [3.63, 3.8) is 0 Å². The number of halogens is 1. The lowest BCUT2D eigenvalue weighted by Crippen LogP contribution is -2.23. The molecule has 0 heterocycles. The number of likely N-dealkylation sites (N-methyl/N-ethyl adjacent to an activating group) is 1. The Kier molecular flexibility index (Phi) is 4.05. The Labute approximate surface area is 88.8 Å². The predicted octanol–water partition coefficient (Wildman–Crippen LogP) is 1.31. The van der Waals surface area contributed by atoms with E-state index in [0.717, 1.165) is 0 Å². The zero-order chi connectivity index (χ0) is 11.4.